The van der Waals surface area contributed by atoms with Crippen molar-refractivity contribution in [3.05, 3.63) is 102 Å². The van der Waals surface area contributed by atoms with E-state index in [1.807, 2.05) is 66.4 Å². The van der Waals surface area contributed by atoms with Gasteiger partial charge < -0.3 is 19.4 Å². The summed E-state index contributed by atoms with van der Waals surface area (Å²) < 4.78 is 25.5. The lowest BCUT2D eigenvalue weighted by Crippen LogP contribution is -2.29. The Morgan fingerprint density at radius 1 is 1.03 bits per heavy atom. The molecule has 0 saturated carbocycles. The van der Waals surface area contributed by atoms with Crippen molar-refractivity contribution >= 4 is 23.0 Å². The smallest absolute Gasteiger partial charge is 0.174 e. The van der Waals surface area contributed by atoms with Gasteiger partial charge in [-0.2, -0.15) is 0 Å². The lowest BCUT2D eigenvalue weighted by atomic mass is 10.0. The Morgan fingerprint density at radius 2 is 1.82 bits per heavy atom. The first-order valence-corrected chi connectivity index (χ1v) is 11.1. The van der Waals surface area contributed by atoms with Gasteiger partial charge in [0, 0.05) is 17.4 Å². The molecule has 1 saturated heterocycles. The first-order chi connectivity index (χ1) is 16.1. The Hall–Kier alpha value is -3.71. The molecule has 1 N–H and O–H groups in total. The topological polar surface area (TPSA) is 50.5 Å². The summed E-state index contributed by atoms with van der Waals surface area (Å²) in [4.78, 5) is 6.49. The molecule has 0 bridgehead atoms. The number of furan rings is 1. The van der Waals surface area contributed by atoms with E-state index >= 15 is 0 Å². The summed E-state index contributed by atoms with van der Waals surface area (Å²) in [5.41, 5.74) is 2.56. The van der Waals surface area contributed by atoms with E-state index in [4.69, 9.17) is 21.4 Å². The van der Waals surface area contributed by atoms with Crippen molar-refractivity contribution in [3.63, 3.8) is 0 Å². The summed E-state index contributed by atoms with van der Waals surface area (Å²) >= 11 is 5.69. The van der Waals surface area contributed by atoms with Crippen LogP contribution in [0, 0.1) is 5.82 Å². The number of benzene rings is 2. The fourth-order valence-electron chi connectivity index (χ4n) is 4.07. The zero-order valence-corrected chi connectivity index (χ0v) is 18.8. The van der Waals surface area contributed by atoms with Crippen LogP contribution in [0.3, 0.4) is 0 Å². The molecule has 0 spiro atoms. The van der Waals surface area contributed by atoms with E-state index in [0.717, 1.165) is 34.2 Å². The van der Waals surface area contributed by atoms with Gasteiger partial charge in [0.2, 0.25) is 0 Å². The zero-order valence-electron chi connectivity index (χ0n) is 17.9. The summed E-state index contributed by atoms with van der Waals surface area (Å²) in [5, 5.41) is 3.91. The Labute approximate surface area is 196 Å². The second-order valence-corrected chi connectivity index (χ2v) is 8.02. The molecule has 0 aliphatic carbocycles. The predicted octanol–water partition coefficient (Wildman–Crippen LogP) is 6.06. The molecule has 33 heavy (non-hydrogen) atoms. The summed E-state index contributed by atoms with van der Waals surface area (Å²) in [6.07, 6.45) is 1.76. The molecule has 5 rings (SSSR count). The number of rotatable bonds is 6. The van der Waals surface area contributed by atoms with Crippen molar-refractivity contribution in [1.29, 1.82) is 0 Å². The average Bonchev–Trinajstić information content (AvgIpc) is 3.46. The molecule has 2 aromatic heterocycles. The quantitative estimate of drug-likeness (QED) is 0.354. The number of hydrogen-bond donors (Lipinski definition) is 1. The molecule has 7 heteroatoms. The van der Waals surface area contributed by atoms with Gasteiger partial charge in [0.15, 0.2) is 5.11 Å². The highest BCUT2D eigenvalue weighted by Crippen LogP contribution is 2.43. The predicted molar refractivity (Wildman–Crippen MR) is 130 cm³/mol. The Bertz CT molecular complexity index is 1240. The third-order valence-electron chi connectivity index (χ3n) is 5.57. The molecule has 1 aliphatic heterocycles. The van der Waals surface area contributed by atoms with Gasteiger partial charge in [-0.05, 0) is 91.9 Å². The van der Waals surface area contributed by atoms with E-state index in [-0.39, 0.29) is 17.9 Å². The highest BCUT2D eigenvalue weighted by atomic mass is 32.1. The van der Waals surface area contributed by atoms with Gasteiger partial charge in [-0.3, -0.25) is 4.98 Å². The molecule has 1 fully saturated rings. The second-order valence-electron chi connectivity index (χ2n) is 7.63. The van der Waals surface area contributed by atoms with E-state index in [9.17, 15) is 4.39 Å². The van der Waals surface area contributed by atoms with Gasteiger partial charge in [-0.15, -0.1) is 0 Å². The fourth-order valence-corrected chi connectivity index (χ4v) is 4.42. The first kappa shape index (κ1) is 21.2. The van der Waals surface area contributed by atoms with Gasteiger partial charge in [-0.1, -0.05) is 6.07 Å². The van der Waals surface area contributed by atoms with Gasteiger partial charge in [0.05, 0.1) is 18.3 Å². The molecule has 2 aromatic carbocycles. The van der Waals surface area contributed by atoms with E-state index in [1.165, 1.54) is 12.1 Å². The highest BCUT2D eigenvalue weighted by molar-refractivity contribution is 7.80. The first-order valence-electron chi connectivity index (χ1n) is 10.7. The summed E-state index contributed by atoms with van der Waals surface area (Å²) in [5.74, 6) is 1.98. The van der Waals surface area contributed by atoms with Crippen LogP contribution >= 0.6 is 12.2 Å². The molecular formula is C26H22FN3O2S. The molecule has 0 radical (unpaired) electrons. The largest absolute Gasteiger partial charge is 0.494 e. The molecule has 5 nitrogen and oxygen atoms in total. The van der Waals surface area contributed by atoms with E-state index in [0.29, 0.717) is 11.7 Å². The summed E-state index contributed by atoms with van der Waals surface area (Å²) in [7, 11) is 0. The van der Waals surface area contributed by atoms with Gasteiger partial charge in [0.1, 0.15) is 29.1 Å². The third kappa shape index (κ3) is 4.19. The minimum Gasteiger partial charge on any atom is -0.494 e. The van der Waals surface area contributed by atoms with Crippen LogP contribution in [0.2, 0.25) is 0 Å². The number of ether oxygens (including phenoxy) is 1. The van der Waals surface area contributed by atoms with Crippen molar-refractivity contribution in [2.45, 2.75) is 19.0 Å². The number of pyridine rings is 1. The Balaban J connectivity index is 1.54. The molecule has 1 aliphatic rings. The number of halogens is 1. The van der Waals surface area contributed by atoms with Crippen molar-refractivity contribution < 1.29 is 13.5 Å². The monoisotopic (exact) mass is 459 g/mol. The standard InChI is InChI=1S/C26H22FN3O2S/c1-2-31-20-12-6-17(7-13-20)22-14-15-23(32-22)25-24(21-5-3-4-16-28-21)29-26(33)30(25)19-10-8-18(27)9-11-19/h3-16,24-25H,2H2,1H3,(H,29,33)/t24-,25+/m0/s1. The second kappa shape index (κ2) is 9.03. The van der Waals surface area contributed by atoms with Crippen molar-refractivity contribution in [2.75, 3.05) is 11.5 Å². The minimum absolute atomic E-state index is 0.233. The SMILES string of the molecule is CCOc1ccc(-c2ccc([C@@H]3[C@H](c4ccccn4)NC(=S)N3c3ccc(F)cc3)o2)cc1. The molecule has 0 unspecified atom stereocenters. The lowest BCUT2D eigenvalue weighted by molar-refractivity contribution is 0.340. The van der Waals surface area contributed by atoms with Crippen LogP contribution in [0.1, 0.15) is 30.5 Å². The van der Waals surface area contributed by atoms with Crippen LogP contribution in [-0.2, 0) is 0 Å². The molecule has 4 aromatic rings. The summed E-state index contributed by atoms with van der Waals surface area (Å²) in [6, 6.07) is 23.2. The minimum atomic E-state index is -0.301. The maximum absolute atomic E-state index is 13.6. The van der Waals surface area contributed by atoms with Crippen molar-refractivity contribution in [2.24, 2.45) is 0 Å². The van der Waals surface area contributed by atoms with Gasteiger partial charge in [-0.25, -0.2) is 4.39 Å². The Kier molecular flexibility index (Phi) is 5.79. The zero-order chi connectivity index (χ0) is 22.8. The van der Waals surface area contributed by atoms with Crippen LogP contribution in [0.5, 0.6) is 5.75 Å². The molecule has 3 heterocycles. The van der Waals surface area contributed by atoms with Crippen LogP contribution in [-0.4, -0.2) is 16.7 Å². The van der Waals surface area contributed by atoms with Crippen molar-refractivity contribution in [3.8, 4) is 17.1 Å². The molecule has 2 atom stereocenters. The van der Waals surface area contributed by atoms with E-state index < -0.39 is 0 Å². The maximum atomic E-state index is 13.6. The normalized spacial score (nSPS) is 17.8. The van der Waals surface area contributed by atoms with E-state index in [2.05, 4.69) is 10.3 Å². The fraction of sp³-hybridized carbons (Fsp3) is 0.154. The average molecular weight is 460 g/mol. The number of hydrogen-bond acceptors (Lipinski definition) is 4. The van der Waals surface area contributed by atoms with Crippen LogP contribution in [0.4, 0.5) is 10.1 Å². The molecule has 166 valence electrons. The summed E-state index contributed by atoms with van der Waals surface area (Å²) in [6.45, 7) is 2.57. The number of thiocarbonyl (C=S) groups is 1. The van der Waals surface area contributed by atoms with Crippen LogP contribution in [0.25, 0.3) is 11.3 Å². The molecule has 0 amide bonds. The van der Waals surface area contributed by atoms with Crippen LogP contribution in [0.15, 0.2) is 89.5 Å². The maximum Gasteiger partial charge on any atom is 0.174 e. The number of anilines is 1. The molecular weight excluding hydrogens is 437 g/mol. The number of nitrogens with zero attached hydrogens (tertiary/aromatic N) is 2. The van der Waals surface area contributed by atoms with Crippen molar-refractivity contribution in [1.82, 2.24) is 10.3 Å². The van der Waals surface area contributed by atoms with Gasteiger partial charge in [0.25, 0.3) is 0 Å². The highest BCUT2D eigenvalue weighted by Gasteiger charge is 2.42. The van der Waals surface area contributed by atoms with E-state index in [1.54, 1.807) is 18.3 Å². The lowest BCUT2D eigenvalue weighted by Gasteiger charge is -2.26. The third-order valence-corrected chi connectivity index (χ3v) is 5.89. The van der Waals surface area contributed by atoms with Gasteiger partial charge >= 0.3 is 0 Å². The van der Waals surface area contributed by atoms with Crippen LogP contribution < -0.4 is 15.0 Å². The number of nitrogens with one attached hydrogen (secondary N) is 1. The number of aromatic nitrogens is 1. The Morgan fingerprint density at radius 3 is 2.52 bits per heavy atom.